The average molecular weight is 232 g/mol. The van der Waals surface area contributed by atoms with Gasteiger partial charge in [0.1, 0.15) is 0 Å². The Bertz CT molecular complexity index is 214. The van der Waals surface area contributed by atoms with E-state index in [1.165, 1.54) is 0 Å². The third-order valence-electron chi connectivity index (χ3n) is 1.45. The molecule has 1 saturated heterocycles. The van der Waals surface area contributed by atoms with Crippen molar-refractivity contribution in [1.29, 1.82) is 0 Å². The molecule has 0 amide bonds. The van der Waals surface area contributed by atoms with Gasteiger partial charge >= 0.3 is 23.3 Å². The summed E-state index contributed by atoms with van der Waals surface area (Å²) in [4.78, 5) is 0. The fourth-order valence-electron chi connectivity index (χ4n) is 0.773. The Morgan fingerprint density at radius 2 is 1.15 bits per heavy atom. The molecule has 1 unspecified atom stereocenters. The third-order valence-corrected chi connectivity index (χ3v) is 1.79. The maximum Gasteiger partial charge on any atom is 0.433 e. The first-order valence-electron chi connectivity index (χ1n) is 2.67. The molecule has 1 fully saturated rings. The number of hydrogen-bond donors (Lipinski definition) is 0. The van der Waals surface area contributed by atoms with Crippen LogP contribution in [0.4, 0.5) is 30.7 Å². The van der Waals surface area contributed by atoms with Gasteiger partial charge < -0.3 is 0 Å². The fourth-order valence-corrected chi connectivity index (χ4v) is 1.10. The van der Waals surface area contributed by atoms with Crippen molar-refractivity contribution >= 4 is 11.6 Å². The summed E-state index contributed by atoms with van der Waals surface area (Å²) in [6.45, 7) is 0. The van der Waals surface area contributed by atoms with Gasteiger partial charge in [0, 0.05) is 0 Å². The van der Waals surface area contributed by atoms with Crippen molar-refractivity contribution in [2.45, 2.75) is 23.3 Å². The van der Waals surface area contributed by atoms with Gasteiger partial charge in [-0.15, -0.1) is 0 Å². The van der Waals surface area contributed by atoms with Crippen LogP contribution in [0.25, 0.3) is 0 Å². The summed E-state index contributed by atoms with van der Waals surface area (Å²) >= 11 is 4.20. The average Bonchev–Trinajstić information content (AvgIpc) is 2.30. The van der Waals surface area contributed by atoms with Crippen LogP contribution in [0, 0.1) is 0 Å². The van der Waals surface area contributed by atoms with Crippen molar-refractivity contribution < 1.29 is 35.5 Å². The SMILES string of the molecule is FC(F)(F)C1(C(F)(F)F)OC1(F)Cl. The number of rotatable bonds is 0. The van der Waals surface area contributed by atoms with E-state index in [9.17, 15) is 30.7 Å². The summed E-state index contributed by atoms with van der Waals surface area (Å²) in [6, 6.07) is 0. The molecular weight excluding hydrogens is 232 g/mol. The molecule has 78 valence electrons. The second-order valence-corrected chi connectivity index (χ2v) is 2.78. The maximum atomic E-state index is 12.2. The highest BCUT2D eigenvalue weighted by Gasteiger charge is 2.96. The topological polar surface area (TPSA) is 12.5 Å². The number of alkyl halides is 8. The highest BCUT2D eigenvalue weighted by atomic mass is 35.5. The lowest BCUT2D eigenvalue weighted by atomic mass is 10.1. The van der Waals surface area contributed by atoms with Crippen LogP contribution in [0.5, 0.6) is 0 Å². The van der Waals surface area contributed by atoms with Gasteiger partial charge in [0.05, 0.1) is 0 Å². The molecular formula is C4ClF7O. The molecule has 0 aliphatic carbocycles. The van der Waals surface area contributed by atoms with Crippen molar-refractivity contribution in [2.24, 2.45) is 0 Å². The Balaban J connectivity index is 3.10. The fraction of sp³-hybridized carbons (Fsp3) is 1.00. The molecule has 0 aromatic carbocycles. The second kappa shape index (κ2) is 2.22. The van der Waals surface area contributed by atoms with E-state index in [1.807, 2.05) is 0 Å². The van der Waals surface area contributed by atoms with Crippen LogP contribution < -0.4 is 0 Å². The zero-order valence-corrected chi connectivity index (χ0v) is 6.19. The molecule has 1 aliphatic heterocycles. The van der Waals surface area contributed by atoms with E-state index >= 15 is 0 Å². The lowest BCUT2D eigenvalue weighted by Gasteiger charge is -2.18. The quantitative estimate of drug-likeness (QED) is 0.355. The highest BCUT2D eigenvalue weighted by molar-refractivity contribution is 6.24. The third kappa shape index (κ3) is 1.18. The Kier molecular flexibility index (Phi) is 1.85. The number of hydrogen-bond acceptors (Lipinski definition) is 1. The van der Waals surface area contributed by atoms with E-state index in [1.54, 1.807) is 0 Å². The predicted molar refractivity (Wildman–Crippen MR) is 25.6 cm³/mol. The van der Waals surface area contributed by atoms with Gasteiger partial charge in [-0.25, -0.2) is 0 Å². The Morgan fingerprint density at radius 3 is 1.15 bits per heavy atom. The Hall–Kier alpha value is -0.240. The van der Waals surface area contributed by atoms with E-state index in [2.05, 4.69) is 16.3 Å². The minimum absolute atomic E-state index is 2.87. The van der Waals surface area contributed by atoms with Crippen molar-refractivity contribution in [3.05, 3.63) is 0 Å². The van der Waals surface area contributed by atoms with Gasteiger partial charge in [-0.1, -0.05) is 0 Å². The molecule has 0 spiro atoms. The van der Waals surface area contributed by atoms with Crippen LogP contribution in [-0.2, 0) is 4.74 Å². The van der Waals surface area contributed by atoms with Gasteiger partial charge in [0.15, 0.2) is 0 Å². The summed E-state index contributed by atoms with van der Waals surface area (Å²) in [6.07, 6.45) is -11.9. The van der Waals surface area contributed by atoms with Crippen LogP contribution in [0.3, 0.4) is 0 Å². The minimum Gasteiger partial charge on any atom is -0.300 e. The molecule has 1 aliphatic rings. The first-order chi connectivity index (χ1) is 5.46. The van der Waals surface area contributed by atoms with Crippen LogP contribution in [-0.4, -0.2) is 23.3 Å². The van der Waals surface area contributed by atoms with E-state index in [0.29, 0.717) is 0 Å². The van der Waals surface area contributed by atoms with Crippen LogP contribution in [0.15, 0.2) is 0 Å². The van der Waals surface area contributed by atoms with Crippen molar-refractivity contribution in [3.8, 4) is 0 Å². The monoisotopic (exact) mass is 232 g/mol. The maximum absolute atomic E-state index is 12.2. The standard InChI is InChI=1S/C4ClF7O/c5-2(6)1(13-2,3(7,8)9)4(10,11)12. The van der Waals surface area contributed by atoms with Gasteiger partial charge in [-0.05, 0) is 11.6 Å². The molecule has 0 aromatic rings. The molecule has 0 bridgehead atoms. The molecule has 0 saturated carbocycles. The summed E-state index contributed by atoms with van der Waals surface area (Å²) in [5.41, 5.74) is -4.88. The smallest absolute Gasteiger partial charge is 0.300 e. The molecule has 1 rings (SSSR count). The second-order valence-electron chi connectivity index (χ2n) is 2.30. The number of ether oxygens (including phenoxy) is 1. The zero-order chi connectivity index (χ0) is 10.7. The van der Waals surface area contributed by atoms with Crippen molar-refractivity contribution in [3.63, 3.8) is 0 Å². The molecule has 13 heavy (non-hydrogen) atoms. The molecule has 0 radical (unpaired) electrons. The molecule has 0 aromatic heterocycles. The van der Waals surface area contributed by atoms with E-state index in [0.717, 1.165) is 0 Å². The van der Waals surface area contributed by atoms with Gasteiger partial charge in [-0.3, -0.25) is 4.74 Å². The zero-order valence-electron chi connectivity index (χ0n) is 5.43. The molecule has 0 N–H and O–H groups in total. The molecule has 1 heterocycles. The number of halogens is 8. The van der Waals surface area contributed by atoms with Crippen LogP contribution >= 0.6 is 11.6 Å². The first-order valence-corrected chi connectivity index (χ1v) is 3.05. The minimum atomic E-state index is -5.93. The predicted octanol–water partition coefficient (Wildman–Crippen LogP) is 2.74. The van der Waals surface area contributed by atoms with Crippen molar-refractivity contribution in [1.82, 2.24) is 0 Å². The van der Waals surface area contributed by atoms with E-state index < -0.39 is 23.3 Å². The highest BCUT2D eigenvalue weighted by Crippen LogP contribution is 2.67. The first kappa shape index (κ1) is 10.8. The summed E-state index contributed by atoms with van der Waals surface area (Å²) < 4.78 is 85.4. The van der Waals surface area contributed by atoms with Crippen LogP contribution in [0.2, 0.25) is 0 Å². The molecule has 9 heteroatoms. The summed E-state index contributed by atoms with van der Waals surface area (Å²) in [7, 11) is 0. The van der Waals surface area contributed by atoms with E-state index in [-0.39, 0.29) is 0 Å². The van der Waals surface area contributed by atoms with E-state index in [4.69, 9.17) is 0 Å². The van der Waals surface area contributed by atoms with Gasteiger partial charge in [0.25, 0.3) is 0 Å². The van der Waals surface area contributed by atoms with Gasteiger partial charge in [-0.2, -0.15) is 30.7 Å². The van der Waals surface area contributed by atoms with Gasteiger partial charge in [0.2, 0.25) is 0 Å². The molecule has 1 nitrogen and oxygen atoms in total. The largest absolute Gasteiger partial charge is 0.433 e. The lowest BCUT2D eigenvalue weighted by Crippen LogP contribution is -2.49. The van der Waals surface area contributed by atoms with Crippen molar-refractivity contribution in [2.75, 3.05) is 0 Å². The summed E-state index contributed by atoms with van der Waals surface area (Å²) in [5.74, 6) is 0. The van der Waals surface area contributed by atoms with Crippen LogP contribution in [0.1, 0.15) is 0 Å². The Labute approximate surface area is 71.4 Å². The summed E-state index contributed by atoms with van der Waals surface area (Å²) in [5, 5.41) is -4.25. The number of epoxide rings is 1. The normalized spacial score (nSPS) is 33.2. The lowest BCUT2D eigenvalue weighted by molar-refractivity contribution is -0.293. The Morgan fingerprint density at radius 1 is 0.923 bits per heavy atom. The molecule has 1 atom stereocenters.